The van der Waals surface area contributed by atoms with E-state index in [1.807, 2.05) is 50.2 Å². The molecular weight excluding hydrogens is 428 g/mol. The van der Waals surface area contributed by atoms with Crippen molar-refractivity contribution < 1.29 is 14.3 Å². The second-order valence-electron chi connectivity index (χ2n) is 7.71. The van der Waals surface area contributed by atoms with Crippen molar-refractivity contribution in [3.05, 3.63) is 109 Å². The third-order valence-electron chi connectivity index (χ3n) is 5.31. The van der Waals surface area contributed by atoms with Gasteiger partial charge in [-0.1, -0.05) is 50.2 Å². The number of rotatable bonds is 8. The average molecular weight is 456 g/mol. The van der Waals surface area contributed by atoms with Crippen molar-refractivity contribution in [1.82, 2.24) is 0 Å². The Morgan fingerprint density at radius 2 is 1.09 bits per heavy atom. The van der Waals surface area contributed by atoms with Crippen molar-refractivity contribution >= 4 is 16.9 Å². The van der Waals surface area contributed by atoms with Crippen molar-refractivity contribution in [1.29, 1.82) is 0 Å². The Hall–Kier alpha value is -3.50. The van der Waals surface area contributed by atoms with Crippen LogP contribution in [0.4, 0.5) is 0 Å². The maximum Gasteiger partial charge on any atom is 0.314 e. The Labute approximate surface area is 198 Å². The van der Waals surface area contributed by atoms with E-state index in [2.05, 4.69) is 60.7 Å². The minimum absolute atomic E-state index is 0.115. The fraction of sp³-hybridized carbons (Fsp3) is 0.138. The second kappa shape index (κ2) is 10.9. The number of carbonyl (C=O) groups is 1. The molecule has 0 heterocycles. The fourth-order valence-electron chi connectivity index (χ4n) is 3.26. The van der Waals surface area contributed by atoms with Crippen LogP contribution in [-0.4, -0.2) is 5.97 Å². The van der Waals surface area contributed by atoms with Gasteiger partial charge in [-0.25, -0.2) is 0 Å². The molecule has 4 aromatic rings. The fourth-order valence-corrected chi connectivity index (χ4v) is 5.34. The van der Waals surface area contributed by atoms with Crippen molar-refractivity contribution in [3.63, 3.8) is 0 Å². The average Bonchev–Trinajstić information content (AvgIpc) is 2.87. The molecule has 3 nitrogen and oxygen atoms in total. The number of hydrogen-bond donors (Lipinski definition) is 0. The molecule has 4 heteroatoms. The van der Waals surface area contributed by atoms with Gasteiger partial charge in [-0.15, -0.1) is 0 Å². The van der Waals surface area contributed by atoms with Crippen LogP contribution in [0.1, 0.15) is 20.3 Å². The van der Waals surface area contributed by atoms with Gasteiger partial charge in [0.15, 0.2) is 14.7 Å². The Kier molecular flexibility index (Phi) is 7.48. The van der Waals surface area contributed by atoms with Gasteiger partial charge in [-0.2, -0.15) is 0 Å². The minimum Gasteiger partial charge on any atom is -0.457 e. The van der Waals surface area contributed by atoms with Gasteiger partial charge in [-0.3, -0.25) is 4.79 Å². The first-order chi connectivity index (χ1) is 16.1. The second-order valence-corrected chi connectivity index (χ2v) is 9.73. The molecule has 0 amide bonds. The summed E-state index contributed by atoms with van der Waals surface area (Å²) in [6.07, 6.45) is 0.756. The van der Waals surface area contributed by atoms with Crippen LogP contribution < -0.4 is 9.47 Å². The third-order valence-corrected chi connectivity index (χ3v) is 7.54. The SMILES string of the molecule is CCC(C)C(=O)Oc1ccc(Oc2ccc([S+](c3ccccc3)c3ccccc3)cc2)cc1. The lowest BCUT2D eigenvalue weighted by Gasteiger charge is -2.11. The van der Waals surface area contributed by atoms with E-state index in [1.165, 1.54) is 14.7 Å². The predicted octanol–water partition coefficient (Wildman–Crippen LogP) is 7.53. The maximum absolute atomic E-state index is 12.0. The van der Waals surface area contributed by atoms with Crippen molar-refractivity contribution in [3.8, 4) is 17.2 Å². The Morgan fingerprint density at radius 1 is 0.667 bits per heavy atom. The molecule has 4 rings (SSSR count). The van der Waals surface area contributed by atoms with E-state index in [4.69, 9.17) is 9.47 Å². The molecule has 1 unspecified atom stereocenters. The van der Waals surface area contributed by atoms with Gasteiger partial charge >= 0.3 is 5.97 Å². The zero-order valence-corrected chi connectivity index (χ0v) is 19.6. The van der Waals surface area contributed by atoms with Crippen molar-refractivity contribution in [2.24, 2.45) is 5.92 Å². The Balaban J connectivity index is 1.49. The molecule has 0 spiro atoms. The summed E-state index contributed by atoms with van der Waals surface area (Å²) in [7, 11) is -0.187. The molecular formula is C29H27O3S+. The third kappa shape index (κ3) is 5.85. The summed E-state index contributed by atoms with van der Waals surface area (Å²) < 4.78 is 11.4. The topological polar surface area (TPSA) is 35.5 Å². The molecule has 0 saturated carbocycles. The van der Waals surface area contributed by atoms with Gasteiger partial charge in [-0.05, 0) is 79.2 Å². The highest BCUT2D eigenvalue weighted by Crippen LogP contribution is 2.33. The summed E-state index contributed by atoms with van der Waals surface area (Å²) in [5.74, 6) is 1.64. The molecule has 0 aromatic heterocycles. The van der Waals surface area contributed by atoms with Crippen LogP contribution in [0.25, 0.3) is 0 Å². The molecule has 0 aliphatic heterocycles. The predicted molar refractivity (Wildman–Crippen MR) is 133 cm³/mol. The van der Waals surface area contributed by atoms with Gasteiger partial charge in [0.1, 0.15) is 17.2 Å². The highest BCUT2D eigenvalue weighted by molar-refractivity contribution is 7.97. The van der Waals surface area contributed by atoms with Crippen LogP contribution in [0, 0.1) is 5.92 Å². The van der Waals surface area contributed by atoms with Crippen LogP contribution in [-0.2, 0) is 15.7 Å². The standard InChI is InChI=1S/C29H27O3S/c1-3-22(2)29(30)32-25-16-14-23(15-17-25)31-24-18-20-28(21-19-24)33(26-10-6-4-7-11-26)27-12-8-5-9-13-27/h4-22H,3H2,1-2H3/q+1. The van der Waals surface area contributed by atoms with E-state index in [0.29, 0.717) is 11.5 Å². The molecule has 0 fully saturated rings. The first-order valence-corrected chi connectivity index (χ1v) is 12.3. The Bertz CT molecular complexity index is 1120. The smallest absolute Gasteiger partial charge is 0.314 e. The molecule has 33 heavy (non-hydrogen) atoms. The number of benzene rings is 4. The molecule has 0 saturated heterocycles. The summed E-state index contributed by atoms with van der Waals surface area (Å²) in [5.41, 5.74) is 0. The van der Waals surface area contributed by atoms with Crippen LogP contribution >= 0.6 is 0 Å². The molecule has 0 aliphatic carbocycles. The molecule has 0 bridgehead atoms. The molecule has 4 aromatic carbocycles. The maximum atomic E-state index is 12.0. The lowest BCUT2D eigenvalue weighted by Crippen LogP contribution is -2.16. The van der Waals surface area contributed by atoms with E-state index in [-0.39, 0.29) is 22.8 Å². The summed E-state index contributed by atoms with van der Waals surface area (Å²) in [6.45, 7) is 3.83. The molecule has 0 radical (unpaired) electrons. The minimum atomic E-state index is -0.214. The summed E-state index contributed by atoms with van der Waals surface area (Å²) in [5, 5.41) is 0. The first-order valence-electron chi connectivity index (χ1n) is 11.1. The van der Waals surface area contributed by atoms with E-state index in [0.717, 1.165) is 12.2 Å². The summed E-state index contributed by atoms with van der Waals surface area (Å²) >= 11 is 0. The van der Waals surface area contributed by atoms with Gasteiger partial charge < -0.3 is 9.47 Å². The number of hydrogen-bond acceptors (Lipinski definition) is 3. The van der Waals surface area contributed by atoms with Crippen LogP contribution in [0.5, 0.6) is 17.2 Å². The Morgan fingerprint density at radius 3 is 1.58 bits per heavy atom. The van der Waals surface area contributed by atoms with E-state index in [9.17, 15) is 4.79 Å². The highest BCUT2D eigenvalue weighted by atomic mass is 32.2. The van der Waals surface area contributed by atoms with Crippen LogP contribution in [0.2, 0.25) is 0 Å². The first kappa shape index (κ1) is 22.7. The number of ether oxygens (including phenoxy) is 2. The number of esters is 1. The van der Waals surface area contributed by atoms with Gasteiger partial charge in [0.25, 0.3) is 0 Å². The van der Waals surface area contributed by atoms with Crippen molar-refractivity contribution in [2.45, 2.75) is 35.0 Å². The highest BCUT2D eigenvalue weighted by Gasteiger charge is 2.28. The molecule has 0 aliphatic rings. The van der Waals surface area contributed by atoms with Gasteiger partial charge in [0.05, 0.1) is 16.8 Å². The van der Waals surface area contributed by atoms with Crippen LogP contribution in [0.15, 0.2) is 124 Å². The van der Waals surface area contributed by atoms with E-state index < -0.39 is 0 Å². The molecule has 0 N–H and O–H groups in total. The summed E-state index contributed by atoms with van der Waals surface area (Å²) in [6, 6.07) is 36.5. The lowest BCUT2D eigenvalue weighted by molar-refractivity contribution is -0.138. The molecule has 166 valence electrons. The largest absolute Gasteiger partial charge is 0.457 e. The van der Waals surface area contributed by atoms with E-state index >= 15 is 0 Å². The zero-order valence-electron chi connectivity index (χ0n) is 18.8. The molecule has 1 atom stereocenters. The van der Waals surface area contributed by atoms with Crippen molar-refractivity contribution in [2.75, 3.05) is 0 Å². The van der Waals surface area contributed by atoms with Gasteiger partial charge in [0.2, 0.25) is 0 Å². The zero-order chi connectivity index (χ0) is 23.0. The monoisotopic (exact) mass is 455 g/mol. The van der Waals surface area contributed by atoms with Gasteiger partial charge in [0, 0.05) is 0 Å². The quantitative estimate of drug-likeness (QED) is 0.156. The van der Waals surface area contributed by atoms with Crippen LogP contribution in [0.3, 0.4) is 0 Å². The normalized spacial score (nSPS) is 11.7. The number of carbonyl (C=O) groups excluding carboxylic acids is 1. The summed E-state index contributed by atoms with van der Waals surface area (Å²) in [4.78, 5) is 15.7. The van der Waals surface area contributed by atoms with E-state index in [1.54, 1.807) is 12.1 Å². The lowest BCUT2D eigenvalue weighted by atomic mass is 10.1.